The lowest BCUT2D eigenvalue weighted by molar-refractivity contribution is 0.484. The van der Waals surface area contributed by atoms with Crippen LogP contribution in [0, 0.1) is 11.9 Å². The average Bonchev–Trinajstić information content (AvgIpc) is 2.49. The maximum atomic E-state index is 13.4. The van der Waals surface area contributed by atoms with Crippen molar-refractivity contribution in [1.82, 2.24) is 0 Å². The van der Waals surface area contributed by atoms with Crippen molar-refractivity contribution in [2.45, 2.75) is 0 Å². The van der Waals surface area contributed by atoms with E-state index < -0.39 is 0 Å². The minimum absolute atomic E-state index is 0.263. The third-order valence-electron chi connectivity index (χ3n) is 2.93. The molecule has 3 rings (SSSR count). The Balaban J connectivity index is 2.00. The van der Waals surface area contributed by atoms with Crippen molar-refractivity contribution >= 4 is 0 Å². The summed E-state index contributed by atoms with van der Waals surface area (Å²) in [5, 5.41) is 0. The van der Waals surface area contributed by atoms with Gasteiger partial charge in [-0.2, -0.15) is 0 Å². The summed E-state index contributed by atoms with van der Waals surface area (Å²) in [6.45, 7) is 0. The molecule has 1 nitrogen and oxygen atoms in total. The first-order valence-electron chi connectivity index (χ1n) is 6.32. The SMILES string of the molecule is Fc1cccc(-c2cc[c]cc2Oc2ccccc2)c1. The topological polar surface area (TPSA) is 9.23 Å². The monoisotopic (exact) mass is 263 g/mol. The van der Waals surface area contributed by atoms with Gasteiger partial charge in [0.25, 0.3) is 0 Å². The molecule has 0 aromatic heterocycles. The Kier molecular flexibility index (Phi) is 3.46. The first-order chi connectivity index (χ1) is 9.83. The molecular formula is C18H12FO. The number of hydrogen-bond donors (Lipinski definition) is 0. The molecule has 0 N–H and O–H groups in total. The fourth-order valence-corrected chi connectivity index (χ4v) is 2.01. The second-order valence-electron chi connectivity index (χ2n) is 4.35. The van der Waals surface area contributed by atoms with Gasteiger partial charge in [-0.25, -0.2) is 4.39 Å². The highest BCUT2D eigenvalue weighted by molar-refractivity contribution is 5.70. The summed E-state index contributed by atoms with van der Waals surface area (Å²) in [6.07, 6.45) is 0. The van der Waals surface area contributed by atoms with Gasteiger partial charge in [0.2, 0.25) is 0 Å². The molecule has 20 heavy (non-hydrogen) atoms. The summed E-state index contributed by atoms with van der Waals surface area (Å²) >= 11 is 0. The number of para-hydroxylation sites is 1. The second kappa shape index (κ2) is 5.57. The Morgan fingerprint density at radius 2 is 1.75 bits per heavy atom. The molecule has 0 spiro atoms. The Bertz CT molecular complexity index is 707. The van der Waals surface area contributed by atoms with Crippen LogP contribution in [-0.4, -0.2) is 0 Å². The minimum atomic E-state index is -0.263. The number of benzene rings is 3. The van der Waals surface area contributed by atoms with Gasteiger partial charge in [-0.3, -0.25) is 0 Å². The van der Waals surface area contributed by atoms with Gasteiger partial charge >= 0.3 is 0 Å². The van der Waals surface area contributed by atoms with E-state index >= 15 is 0 Å². The van der Waals surface area contributed by atoms with Crippen molar-refractivity contribution in [1.29, 1.82) is 0 Å². The zero-order valence-corrected chi connectivity index (χ0v) is 10.7. The number of hydrogen-bond acceptors (Lipinski definition) is 1. The second-order valence-corrected chi connectivity index (χ2v) is 4.35. The highest BCUT2D eigenvalue weighted by atomic mass is 19.1. The van der Waals surface area contributed by atoms with E-state index in [0.29, 0.717) is 5.75 Å². The molecule has 3 aromatic rings. The van der Waals surface area contributed by atoms with E-state index in [9.17, 15) is 4.39 Å². The molecule has 0 saturated heterocycles. The smallest absolute Gasteiger partial charge is 0.135 e. The first-order valence-corrected chi connectivity index (χ1v) is 6.32. The summed E-state index contributed by atoms with van der Waals surface area (Å²) < 4.78 is 19.2. The van der Waals surface area contributed by atoms with Gasteiger partial charge in [-0.15, -0.1) is 0 Å². The molecule has 0 fully saturated rings. The van der Waals surface area contributed by atoms with Crippen LogP contribution in [0.25, 0.3) is 11.1 Å². The average molecular weight is 263 g/mol. The number of ether oxygens (including phenoxy) is 1. The maximum Gasteiger partial charge on any atom is 0.135 e. The minimum Gasteiger partial charge on any atom is -0.457 e. The molecule has 0 aliphatic heterocycles. The zero-order valence-electron chi connectivity index (χ0n) is 10.7. The van der Waals surface area contributed by atoms with E-state index in [4.69, 9.17) is 4.74 Å². The summed E-state index contributed by atoms with van der Waals surface area (Å²) in [5.41, 5.74) is 1.62. The quantitative estimate of drug-likeness (QED) is 0.640. The van der Waals surface area contributed by atoms with E-state index in [0.717, 1.165) is 16.9 Å². The lowest BCUT2D eigenvalue weighted by Gasteiger charge is -2.11. The lowest BCUT2D eigenvalue weighted by Crippen LogP contribution is -1.88. The van der Waals surface area contributed by atoms with Crippen molar-refractivity contribution in [3.05, 3.63) is 84.7 Å². The van der Waals surface area contributed by atoms with E-state index in [1.807, 2.05) is 42.5 Å². The molecule has 0 atom stereocenters. The molecule has 0 aliphatic rings. The molecule has 0 bridgehead atoms. The molecule has 2 heteroatoms. The molecule has 0 unspecified atom stereocenters. The van der Waals surface area contributed by atoms with E-state index in [1.165, 1.54) is 12.1 Å². The molecule has 3 aromatic carbocycles. The first kappa shape index (κ1) is 12.4. The van der Waals surface area contributed by atoms with Crippen molar-refractivity contribution in [3.63, 3.8) is 0 Å². The Morgan fingerprint density at radius 1 is 0.900 bits per heavy atom. The molecule has 0 saturated carbocycles. The maximum absolute atomic E-state index is 13.4. The van der Waals surface area contributed by atoms with Crippen molar-refractivity contribution in [2.75, 3.05) is 0 Å². The van der Waals surface area contributed by atoms with E-state index in [1.54, 1.807) is 18.2 Å². The number of rotatable bonds is 3. The van der Waals surface area contributed by atoms with Gasteiger partial charge in [0.05, 0.1) is 0 Å². The fourth-order valence-electron chi connectivity index (χ4n) is 2.01. The molecular weight excluding hydrogens is 251 g/mol. The van der Waals surface area contributed by atoms with Gasteiger partial charge in [-0.05, 0) is 42.0 Å². The standard InChI is InChI=1S/C18H12FO/c19-15-8-6-7-14(13-15)17-11-4-5-12-18(17)20-16-9-2-1-3-10-16/h1-4,6-13H. The van der Waals surface area contributed by atoms with Gasteiger partial charge in [0.1, 0.15) is 17.3 Å². The highest BCUT2D eigenvalue weighted by Gasteiger charge is 2.07. The lowest BCUT2D eigenvalue weighted by atomic mass is 10.0. The fraction of sp³-hybridized carbons (Fsp3) is 0. The van der Waals surface area contributed by atoms with Crippen molar-refractivity contribution < 1.29 is 9.13 Å². The summed E-state index contributed by atoms with van der Waals surface area (Å²) in [5.74, 6) is 1.13. The van der Waals surface area contributed by atoms with Crippen LogP contribution in [0.5, 0.6) is 11.5 Å². The third-order valence-corrected chi connectivity index (χ3v) is 2.93. The van der Waals surface area contributed by atoms with Crippen LogP contribution in [0.4, 0.5) is 4.39 Å². The zero-order chi connectivity index (χ0) is 13.8. The molecule has 97 valence electrons. The van der Waals surface area contributed by atoms with Crippen molar-refractivity contribution in [2.24, 2.45) is 0 Å². The van der Waals surface area contributed by atoms with E-state index in [2.05, 4.69) is 6.07 Å². The highest BCUT2D eigenvalue weighted by Crippen LogP contribution is 2.33. The van der Waals surface area contributed by atoms with Crippen LogP contribution in [0.2, 0.25) is 0 Å². The van der Waals surface area contributed by atoms with Crippen molar-refractivity contribution in [3.8, 4) is 22.6 Å². The molecule has 1 radical (unpaired) electrons. The van der Waals surface area contributed by atoms with Crippen LogP contribution in [0.3, 0.4) is 0 Å². The van der Waals surface area contributed by atoms with Crippen LogP contribution in [0.1, 0.15) is 0 Å². The van der Waals surface area contributed by atoms with Gasteiger partial charge in [0.15, 0.2) is 0 Å². The van der Waals surface area contributed by atoms with Crippen LogP contribution >= 0.6 is 0 Å². The van der Waals surface area contributed by atoms with Gasteiger partial charge < -0.3 is 4.74 Å². The number of halogens is 1. The molecule has 0 heterocycles. The summed E-state index contributed by atoms with van der Waals surface area (Å²) in [4.78, 5) is 0. The van der Waals surface area contributed by atoms with Crippen LogP contribution < -0.4 is 4.74 Å². The van der Waals surface area contributed by atoms with Crippen LogP contribution in [0.15, 0.2) is 72.8 Å². The largest absolute Gasteiger partial charge is 0.457 e. The van der Waals surface area contributed by atoms with Gasteiger partial charge in [-0.1, -0.05) is 42.5 Å². The predicted octanol–water partition coefficient (Wildman–Crippen LogP) is 5.09. The normalized spacial score (nSPS) is 10.2. The summed E-state index contributed by atoms with van der Waals surface area (Å²) in [6, 6.07) is 24.4. The molecule has 0 aliphatic carbocycles. The third kappa shape index (κ3) is 2.69. The Morgan fingerprint density at radius 3 is 2.55 bits per heavy atom. The Labute approximate surface area is 117 Å². The molecule has 0 amide bonds. The Hall–Kier alpha value is -2.61. The predicted molar refractivity (Wildman–Crippen MR) is 77.2 cm³/mol. The van der Waals surface area contributed by atoms with Gasteiger partial charge in [0, 0.05) is 5.56 Å². The summed E-state index contributed by atoms with van der Waals surface area (Å²) in [7, 11) is 0. The van der Waals surface area contributed by atoms with Crippen LogP contribution in [-0.2, 0) is 0 Å². The van der Waals surface area contributed by atoms with E-state index in [-0.39, 0.29) is 5.82 Å².